The molecule has 2 aliphatic heterocycles. The molecule has 0 saturated carbocycles. The third-order valence-corrected chi connectivity index (χ3v) is 5.09. The molecule has 1 atom stereocenters. The van der Waals surface area contributed by atoms with E-state index in [2.05, 4.69) is 0 Å². The predicted molar refractivity (Wildman–Crippen MR) is 109 cm³/mol. The highest BCUT2D eigenvalue weighted by Crippen LogP contribution is 2.41. The first-order valence-corrected chi connectivity index (χ1v) is 9.87. The second-order valence-electron chi connectivity index (χ2n) is 9.73. The van der Waals surface area contributed by atoms with E-state index in [9.17, 15) is 9.59 Å². The van der Waals surface area contributed by atoms with Gasteiger partial charge in [0.15, 0.2) is 0 Å². The first kappa shape index (κ1) is 20.4. The van der Waals surface area contributed by atoms with Gasteiger partial charge >= 0.3 is 6.09 Å². The van der Waals surface area contributed by atoms with Crippen LogP contribution in [-0.2, 0) is 16.0 Å². The zero-order valence-electron chi connectivity index (χ0n) is 17.8. The number of ether oxygens (including phenoxy) is 1. The summed E-state index contributed by atoms with van der Waals surface area (Å²) in [4.78, 5) is 28.0. The first-order chi connectivity index (χ1) is 12.9. The summed E-state index contributed by atoms with van der Waals surface area (Å²) >= 11 is 0. The summed E-state index contributed by atoms with van der Waals surface area (Å²) < 4.78 is 5.57. The lowest BCUT2D eigenvalue weighted by molar-refractivity contribution is -0.141. The molecule has 0 aromatic heterocycles. The maximum Gasteiger partial charge on any atom is 0.410 e. The quantitative estimate of drug-likeness (QED) is 0.777. The Bertz CT molecular complexity index is 789. The Balaban J connectivity index is 1.95. The molecule has 1 saturated heterocycles. The summed E-state index contributed by atoms with van der Waals surface area (Å²) in [5, 5.41) is 6.32. The molecule has 1 aromatic carbocycles. The van der Waals surface area contributed by atoms with Gasteiger partial charge in [0.05, 0.1) is 11.3 Å². The monoisotopic (exact) mass is 385 g/mol. The lowest BCUT2D eigenvalue weighted by Gasteiger charge is -2.40. The second kappa shape index (κ2) is 6.90. The Morgan fingerprint density at radius 3 is 2.36 bits per heavy atom. The summed E-state index contributed by atoms with van der Waals surface area (Å²) in [6.45, 7) is 12.3. The van der Waals surface area contributed by atoms with E-state index in [-0.39, 0.29) is 12.0 Å². The van der Waals surface area contributed by atoms with E-state index in [4.69, 9.17) is 9.84 Å². The molecule has 1 aromatic rings. The molecule has 0 spiro atoms. The van der Waals surface area contributed by atoms with E-state index in [0.717, 1.165) is 11.3 Å². The van der Waals surface area contributed by atoms with Crippen LogP contribution in [0.2, 0.25) is 0 Å². The Labute approximate surface area is 167 Å². The number of hydrogen-bond donors (Lipinski definition) is 0. The molecule has 2 aliphatic rings. The molecular formula is C22H31N3O3. The van der Waals surface area contributed by atoms with Crippen LogP contribution < -0.4 is 0 Å². The van der Waals surface area contributed by atoms with Crippen molar-refractivity contribution < 1.29 is 14.3 Å². The Morgan fingerprint density at radius 1 is 1.14 bits per heavy atom. The van der Waals surface area contributed by atoms with E-state index in [0.29, 0.717) is 25.9 Å². The van der Waals surface area contributed by atoms with Gasteiger partial charge in [-0.2, -0.15) is 5.10 Å². The van der Waals surface area contributed by atoms with Crippen molar-refractivity contribution in [2.75, 3.05) is 13.1 Å². The standard InChI is InChI=1S/C22H31N3O3/c1-20(2,3)25-18(26)22(14-16-10-8-7-9-11-16)15-24(13-12-17(22)23-25)19(27)28-21(4,5)6/h7-11H,12-15H2,1-6H3. The molecule has 0 aliphatic carbocycles. The van der Waals surface area contributed by atoms with Gasteiger partial charge in [0, 0.05) is 19.5 Å². The molecule has 1 unspecified atom stereocenters. The van der Waals surface area contributed by atoms with Crippen LogP contribution >= 0.6 is 0 Å². The maximum atomic E-state index is 13.6. The fraction of sp³-hybridized carbons (Fsp3) is 0.591. The maximum absolute atomic E-state index is 13.6. The zero-order chi connectivity index (χ0) is 20.7. The van der Waals surface area contributed by atoms with Gasteiger partial charge in [-0.1, -0.05) is 30.3 Å². The number of carbonyl (C=O) groups is 2. The lowest BCUT2D eigenvalue weighted by Crippen LogP contribution is -2.57. The number of hydrazone groups is 1. The topological polar surface area (TPSA) is 62.2 Å². The Hall–Kier alpha value is -2.37. The van der Waals surface area contributed by atoms with Crippen LogP contribution in [-0.4, -0.2) is 51.9 Å². The van der Waals surface area contributed by atoms with Gasteiger partial charge in [-0.05, 0) is 53.5 Å². The SMILES string of the molecule is CC(C)(C)OC(=O)N1CCC2=NN(C(C)(C)C)C(=O)C2(Cc2ccccc2)C1. The highest BCUT2D eigenvalue weighted by molar-refractivity contribution is 6.13. The van der Waals surface area contributed by atoms with Crippen molar-refractivity contribution in [2.24, 2.45) is 10.5 Å². The number of fused-ring (bicyclic) bond motifs is 1. The molecule has 28 heavy (non-hydrogen) atoms. The largest absolute Gasteiger partial charge is 0.444 e. The number of benzene rings is 1. The summed E-state index contributed by atoms with van der Waals surface area (Å²) in [5.41, 5.74) is 0.113. The van der Waals surface area contributed by atoms with Crippen molar-refractivity contribution in [1.29, 1.82) is 0 Å². The molecule has 1 fully saturated rings. The van der Waals surface area contributed by atoms with Crippen LogP contribution in [0, 0.1) is 5.41 Å². The molecule has 152 valence electrons. The molecular weight excluding hydrogens is 354 g/mol. The van der Waals surface area contributed by atoms with Gasteiger partial charge < -0.3 is 9.64 Å². The van der Waals surface area contributed by atoms with E-state index >= 15 is 0 Å². The molecule has 0 radical (unpaired) electrons. The van der Waals surface area contributed by atoms with Crippen molar-refractivity contribution in [3.63, 3.8) is 0 Å². The molecule has 0 bridgehead atoms. The van der Waals surface area contributed by atoms with E-state index < -0.39 is 16.6 Å². The van der Waals surface area contributed by atoms with Crippen molar-refractivity contribution in [2.45, 2.75) is 65.5 Å². The van der Waals surface area contributed by atoms with E-state index in [1.165, 1.54) is 0 Å². The van der Waals surface area contributed by atoms with Crippen LogP contribution in [0.4, 0.5) is 4.79 Å². The highest BCUT2D eigenvalue weighted by atomic mass is 16.6. The lowest BCUT2D eigenvalue weighted by atomic mass is 9.73. The third-order valence-electron chi connectivity index (χ3n) is 5.09. The van der Waals surface area contributed by atoms with Crippen LogP contribution in [0.25, 0.3) is 0 Å². The number of hydrogen-bond acceptors (Lipinski definition) is 4. The van der Waals surface area contributed by atoms with Crippen LogP contribution in [0.5, 0.6) is 0 Å². The van der Waals surface area contributed by atoms with Gasteiger partial charge in [-0.3, -0.25) is 4.79 Å². The summed E-state index contributed by atoms with van der Waals surface area (Å²) in [6, 6.07) is 9.94. The average Bonchev–Trinajstić information content (AvgIpc) is 2.86. The Morgan fingerprint density at radius 2 is 1.79 bits per heavy atom. The number of likely N-dealkylation sites (tertiary alicyclic amines) is 1. The number of rotatable bonds is 2. The Kier molecular flexibility index (Phi) is 5.02. The minimum atomic E-state index is -0.830. The molecule has 3 rings (SSSR count). The van der Waals surface area contributed by atoms with Crippen molar-refractivity contribution in [3.8, 4) is 0 Å². The van der Waals surface area contributed by atoms with Crippen molar-refractivity contribution >= 4 is 17.7 Å². The fourth-order valence-corrected chi connectivity index (χ4v) is 3.80. The molecule has 2 amide bonds. The van der Waals surface area contributed by atoms with Crippen LogP contribution in [0.1, 0.15) is 53.5 Å². The van der Waals surface area contributed by atoms with Gasteiger partial charge in [0.25, 0.3) is 5.91 Å². The minimum absolute atomic E-state index is 0.0351. The van der Waals surface area contributed by atoms with Crippen LogP contribution in [0.15, 0.2) is 35.4 Å². The fourth-order valence-electron chi connectivity index (χ4n) is 3.80. The molecule has 6 nitrogen and oxygen atoms in total. The first-order valence-electron chi connectivity index (χ1n) is 9.87. The second-order valence-corrected chi connectivity index (χ2v) is 9.73. The van der Waals surface area contributed by atoms with E-state index in [1.54, 1.807) is 9.91 Å². The van der Waals surface area contributed by atoms with Crippen LogP contribution in [0.3, 0.4) is 0 Å². The number of piperidine rings is 1. The minimum Gasteiger partial charge on any atom is -0.444 e. The smallest absolute Gasteiger partial charge is 0.410 e. The van der Waals surface area contributed by atoms with Crippen molar-refractivity contribution in [3.05, 3.63) is 35.9 Å². The van der Waals surface area contributed by atoms with Gasteiger partial charge in [0.1, 0.15) is 11.0 Å². The van der Waals surface area contributed by atoms with E-state index in [1.807, 2.05) is 71.9 Å². The predicted octanol–water partition coefficient (Wildman–Crippen LogP) is 3.85. The third kappa shape index (κ3) is 3.91. The van der Waals surface area contributed by atoms with Gasteiger partial charge in [-0.15, -0.1) is 0 Å². The molecule has 6 heteroatoms. The van der Waals surface area contributed by atoms with Crippen molar-refractivity contribution in [1.82, 2.24) is 9.91 Å². The summed E-state index contributed by atoms with van der Waals surface area (Å²) in [7, 11) is 0. The molecule has 0 N–H and O–H groups in total. The number of amides is 2. The average molecular weight is 386 g/mol. The number of carbonyl (C=O) groups excluding carboxylic acids is 2. The van der Waals surface area contributed by atoms with Gasteiger partial charge in [0.2, 0.25) is 0 Å². The molecule has 2 heterocycles. The number of nitrogens with zero attached hydrogens (tertiary/aromatic N) is 3. The summed E-state index contributed by atoms with van der Waals surface area (Å²) in [5.74, 6) is -0.0351. The van der Waals surface area contributed by atoms with Gasteiger partial charge in [-0.25, -0.2) is 9.80 Å². The summed E-state index contributed by atoms with van der Waals surface area (Å²) in [6.07, 6.45) is 0.725. The normalized spacial score (nSPS) is 22.8. The highest BCUT2D eigenvalue weighted by Gasteiger charge is 2.56. The zero-order valence-corrected chi connectivity index (χ0v) is 17.8.